The molecule has 0 radical (unpaired) electrons. The van der Waals surface area contributed by atoms with Crippen molar-refractivity contribution in [3.8, 4) is 5.75 Å². The first-order valence-corrected chi connectivity index (χ1v) is 14.4. The van der Waals surface area contributed by atoms with Gasteiger partial charge in [0.2, 0.25) is 0 Å². The Kier molecular flexibility index (Phi) is 9.50. The summed E-state index contributed by atoms with van der Waals surface area (Å²) in [6.45, 7) is 6.38. The lowest BCUT2D eigenvalue weighted by molar-refractivity contribution is -0.151. The minimum atomic E-state index is -4.20. The second kappa shape index (κ2) is 11.9. The van der Waals surface area contributed by atoms with E-state index < -0.39 is 78.6 Å². The van der Waals surface area contributed by atoms with Crippen LogP contribution in [0.3, 0.4) is 0 Å². The van der Waals surface area contributed by atoms with Gasteiger partial charge >= 0.3 is 19.3 Å². The summed E-state index contributed by atoms with van der Waals surface area (Å²) in [6.07, 6.45) is -4.49. The van der Waals surface area contributed by atoms with E-state index in [0.717, 1.165) is 16.8 Å². The summed E-state index contributed by atoms with van der Waals surface area (Å²) in [5.74, 6) is -1.32. The lowest BCUT2D eigenvalue weighted by Crippen LogP contribution is -2.51. The number of aliphatic hydroxyl groups excluding tert-OH is 1. The molecule has 0 bridgehead atoms. The maximum atomic E-state index is 14.3. The number of carbonyl (C=O) groups excluding carboxylic acids is 1. The van der Waals surface area contributed by atoms with Crippen molar-refractivity contribution in [2.24, 2.45) is 5.92 Å². The quantitative estimate of drug-likeness (QED) is 0.228. The van der Waals surface area contributed by atoms with Crippen LogP contribution in [0.1, 0.15) is 40.8 Å². The average molecular weight is 591 g/mol. The molecule has 6 atom stereocenters. The Bertz CT molecular complexity index is 1320. The van der Waals surface area contributed by atoms with Crippen LogP contribution in [0.4, 0.5) is 4.39 Å². The van der Waals surface area contributed by atoms with Crippen LogP contribution in [-0.2, 0) is 23.4 Å². The van der Waals surface area contributed by atoms with Crippen molar-refractivity contribution in [2.45, 2.75) is 69.6 Å². The lowest BCUT2D eigenvalue weighted by atomic mass is 9.91. The molecule has 11 nitrogen and oxygen atoms in total. The molecule has 1 fully saturated rings. The van der Waals surface area contributed by atoms with E-state index in [1.807, 2.05) is 4.98 Å². The van der Waals surface area contributed by atoms with Gasteiger partial charge in [-0.1, -0.05) is 25.1 Å². The van der Waals surface area contributed by atoms with Gasteiger partial charge in [0.15, 0.2) is 6.23 Å². The summed E-state index contributed by atoms with van der Waals surface area (Å²) in [6, 6.07) is 9.14. The van der Waals surface area contributed by atoms with Gasteiger partial charge in [-0.3, -0.25) is 23.7 Å². The topological polar surface area (TPSA) is 146 Å². The third-order valence-corrected chi connectivity index (χ3v) is 8.82. The first-order chi connectivity index (χ1) is 18.1. The number of nitrogens with one attached hydrogen (secondary N) is 1. The van der Waals surface area contributed by atoms with Gasteiger partial charge in [0, 0.05) is 12.3 Å². The molecule has 0 aliphatic carbocycles. The summed E-state index contributed by atoms with van der Waals surface area (Å²) >= 11 is 6.48. The second-order valence-electron chi connectivity index (χ2n) is 10.2. The summed E-state index contributed by atoms with van der Waals surface area (Å²) in [4.78, 5) is 36.3. The van der Waals surface area contributed by atoms with Gasteiger partial charge in [0.25, 0.3) is 5.56 Å². The molecule has 1 aliphatic heterocycles. The first kappa shape index (κ1) is 31.0. The van der Waals surface area contributed by atoms with E-state index in [0.29, 0.717) is 0 Å². The number of aliphatic hydroxyl groups is 1. The largest absolute Gasteiger partial charge is 0.463 e. The molecular formula is C25H33ClFN2O9P. The standard InChI is InChI=1S/C25H33ClFN2O9P/c1-15(2)35-21(32)16(3)13-39(34,37-17-9-7-6-8-10-17)38-24(4,5)20-19(31)25(26,14-27)22(36-20)29-12-11-18(30)28-23(29)33/h6-12,15-16,19-20,22,31H,13-14H2,1-5H3,(H,28,30,33)/t16-,19+,20+,22-,25?,39+/m1/s1. The number of aromatic nitrogens is 2. The molecule has 0 saturated carbocycles. The van der Waals surface area contributed by atoms with Crippen molar-refractivity contribution in [3.05, 3.63) is 63.4 Å². The van der Waals surface area contributed by atoms with Crippen molar-refractivity contribution in [3.63, 3.8) is 0 Å². The zero-order valence-electron chi connectivity index (χ0n) is 22.2. The third-order valence-electron chi connectivity index (χ3n) is 6.07. The van der Waals surface area contributed by atoms with Crippen molar-refractivity contribution in [2.75, 3.05) is 12.8 Å². The van der Waals surface area contributed by atoms with E-state index in [2.05, 4.69) is 0 Å². The van der Waals surface area contributed by atoms with Crippen LogP contribution in [0.2, 0.25) is 0 Å². The summed E-state index contributed by atoms with van der Waals surface area (Å²) in [7, 11) is -4.20. The third kappa shape index (κ3) is 6.99. The molecule has 14 heteroatoms. The molecule has 216 valence electrons. The maximum Gasteiger partial charge on any atom is 0.380 e. The van der Waals surface area contributed by atoms with Crippen LogP contribution < -0.4 is 15.8 Å². The Morgan fingerprint density at radius 2 is 1.90 bits per heavy atom. The Balaban J connectivity index is 1.96. The molecule has 1 aliphatic rings. The highest BCUT2D eigenvalue weighted by Gasteiger charge is 2.62. The molecule has 2 aromatic rings. The number of halogens is 2. The fourth-order valence-electron chi connectivity index (χ4n) is 4.23. The number of benzene rings is 1. The number of rotatable bonds is 11. The van der Waals surface area contributed by atoms with Crippen LogP contribution >= 0.6 is 19.2 Å². The minimum Gasteiger partial charge on any atom is -0.463 e. The molecule has 1 aromatic carbocycles. The average Bonchev–Trinajstić information content (AvgIpc) is 3.10. The number of H-pyrrole nitrogens is 1. The van der Waals surface area contributed by atoms with Gasteiger partial charge < -0.3 is 19.1 Å². The predicted octanol–water partition coefficient (Wildman–Crippen LogP) is 3.40. The van der Waals surface area contributed by atoms with Crippen molar-refractivity contribution in [1.29, 1.82) is 0 Å². The second-order valence-corrected chi connectivity index (χ2v) is 12.9. The smallest absolute Gasteiger partial charge is 0.380 e. The Labute approximate surface area is 229 Å². The molecular weight excluding hydrogens is 558 g/mol. The first-order valence-electron chi connectivity index (χ1n) is 12.3. The fourth-order valence-corrected chi connectivity index (χ4v) is 6.77. The predicted molar refractivity (Wildman–Crippen MR) is 141 cm³/mol. The zero-order valence-corrected chi connectivity index (χ0v) is 23.9. The summed E-state index contributed by atoms with van der Waals surface area (Å²) < 4.78 is 52.2. The van der Waals surface area contributed by atoms with Gasteiger partial charge in [0.05, 0.1) is 18.2 Å². The summed E-state index contributed by atoms with van der Waals surface area (Å²) in [5.41, 5.74) is -3.30. The van der Waals surface area contributed by atoms with Gasteiger partial charge in [-0.05, 0) is 39.8 Å². The fraction of sp³-hybridized carbons (Fsp3) is 0.560. The summed E-state index contributed by atoms with van der Waals surface area (Å²) in [5, 5.41) is 11.1. The van der Waals surface area contributed by atoms with E-state index in [9.17, 15) is 28.4 Å². The van der Waals surface area contributed by atoms with Crippen LogP contribution in [0.15, 0.2) is 52.2 Å². The Morgan fingerprint density at radius 1 is 1.26 bits per heavy atom. The maximum absolute atomic E-state index is 14.3. The van der Waals surface area contributed by atoms with E-state index in [1.54, 1.807) is 44.2 Å². The van der Waals surface area contributed by atoms with Crippen LogP contribution in [0.25, 0.3) is 0 Å². The molecule has 1 saturated heterocycles. The van der Waals surface area contributed by atoms with Crippen molar-refractivity contribution >= 4 is 25.2 Å². The molecule has 39 heavy (non-hydrogen) atoms. The van der Waals surface area contributed by atoms with E-state index >= 15 is 0 Å². The van der Waals surface area contributed by atoms with E-state index in [-0.39, 0.29) is 5.75 Å². The SMILES string of the molecule is CC(C)OC(=O)[C@H](C)C[P@](=O)(Oc1ccccc1)OC(C)(C)[C@H]1O[C@@H](n2ccc(=O)[nH]c2=O)C(Cl)(CF)[C@H]1O. The van der Waals surface area contributed by atoms with Crippen LogP contribution in [-0.4, -0.2) is 62.3 Å². The molecule has 2 heterocycles. The highest BCUT2D eigenvalue weighted by molar-refractivity contribution is 7.54. The Morgan fingerprint density at radius 3 is 2.46 bits per heavy atom. The van der Waals surface area contributed by atoms with Crippen molar-refractivity contribution < 1.29 is 37.4 Å². The number of alkyl halides is 2. The van der Waals surface area contributed by atoms with Gasteiger partial charge in [0.1, 0.15) is 35.1 Å². The van der Waals surface area contributed by atoms with E-state index in [1.165, 1.54) is 20.8 Å². The van der Waals surface area contributed by atoms with Crippen LogP contribution in [0.5, 0.6) is 5.75 Å². The highest BCUT2D eigenvalue weighted by Crippen LogP contribution is 2.56. The number of aromatic amines is 1. The van der Waals surface area contributed by atoms with Crippen molar-refractivity contribution in [1.82, 2.24) is 9.55 Å². The zero-order chi connectivity index (χ0) is 29.2. The molecule has 1 aromatic heterocycles. The number of ether oxygens (including phenoxy) is 2. The van der Waals surface area contributed by atoms with Gasteiger partial charge in [-0.25, -0.2) is 13.8 Å². The van der Waals surface area contributed by atoms with Gasteiger partial charge in [-0.2, -0.15) is 0 Å². The number of nitrogens with zero attached hydrogens (tertiary/aromatic N) is 1. The molecule has 3 rings (SSSR count). The molecule has 2 N–H and O–H groups in total. The van der Waals surface area contributed by atoms with E-state index in [4.69, 9.17) is 30.1 Å². The number of esters is 1. The minimum absolute atomic E-state index is 0.196. The monoisotopic (exact) mass is 590 g/mol. The molecule has 1 unspecified atom stereocenters. The number of carbonyl (C=O) groups is 1. The van der Waals surface area contributed by atoms with Gasteiger partial charge in [-0.15, -0.1) is 11.6 Å². The number of hydrogen-bond donors (Lipinski definition) is 2. The number of para-hydroxylation sites is 1. The molecule has 0 spiro atoms. The Hall–Kier alpha value is -2.50. The highest BCUT2D eigenvalue weighted by atomic mass is 35.5. The lowest BCUT2D eigenvalue weighted by Gasteiger charge is -2.36. The molecule has 0 amide bonds. The normalized spacial score (nSPS) is 25.7. The number of hydrogen-bond acceptors (Lipinski definition) is 9. The van der Waals surface area contributed by atoms with Crippen LogP contribution in [0, 0.1) is 5.92 Å².